The lowest BCUT2D eigenvalue weighted by atomic mass is 10.1. The van der Waals surface area contributed by atoms with E-state index in [1.54, 1.807) is 17.2 Å². The molecule has 0 atom stereocenters. The highest BCUT2D eigenvalue weighted by Gasteiger charge is 2.23. The number of benzene rings is 1. The van der Waals surface area contributed by atoms with E-state index in [1.165, 1.54) is 4.57 Å². The molecule has 0 fully saturated rings. The van der Waals surface area contributed by atoms with Gasteiger partial charge in [0.2, 0.25) is 0 Å². The molecule has 0 radical (unpaired) electrons. The third-order valence-corrected chi connectivity index (χ3v) is 4.04. The minimum Gasteiger partial charge on any atom is -0.444 e. The van der Waals surface area contributed by atoms with Crippen molar-refractivity contribution < 1.29 is 19.1 Å². The third kappa shape index (κ3) is 6.38. The molecule has 1 amide bonds. The molecule has 29 heavy (non-hydrogen) atoms. The predicted octanol–water partition coefficient (Wildman–Crippen LogP) is 5.39. The van der Waals surface area contributed by atoms with E-state index in [0.29, 0.717) is 19.5 Å². The van der Waals surface area contributed by atoms with Crippen molar-refractivity contribution in [3.8, 4) is 0 Å². The normalized spacial score (nSPS) is 11.9. The van der Waals surface area contributed by atoms with Crippen LogP contribution in [-0.2, 0) is 15.9 Å². The van der Waals surface area contributed by atoms with E-state index in [2.05, 4.69) is 6.58 Å². The SMILES string of the molecule is C=CCN(CCc1cn(C(=O)OC(C)(C)C)c2ccccc12)C(=O)OC(C)(C)C. The maximum atomic E-state index is 12.6. The zero-order valence-corrected chi connectivity index (χ0v) is 18.3. The first kappa shape index (κ1) is 22.5. The monoisotopic (exact) mass is 400 g/mol. The van der Waals surface area contributed by atoms with Gasteiger partial charge in [-0.3, -0.25) is 4.57 Å². The molecule has 0 aliphatic carbocycles. The fourth-order valence-corrected chi connectivity index (χ4v) is 2.91. The van der Waals surface area contributed by atoms with Crippen molar-refractivity contribution in [3.63, 3.8) is 0 Å². The van der Waals surface area contributed by atoms with Crippen molar-refractivity contribution in [3.05, 3.63) is 48.7 Å². The molecule has 0 unspecified atom stereocenters. The Bertz CT molecular complexity index is 884. The van der Waals surface area contributed by atoms with Crippen molar-refractivity contribution in [1.29, 1.82) is 0 Å². The summed E-state index contributed by atoms with van der Waals surface area (Å²) in [5.74, 6) is 0. The fraction of sp³-hybridized carbons (Fsp3) is 0.478. The number of nitrogens with zero attached hydrogens (tertiary/aromatic N) is 2. The summed E-state index contributed by atoms with van der Waals surface area (Å²) in [4.78, 5) is 26.7. The van der Waals surface area contributed by atoms with Crippen LogP contribution in [-0.4, -0.2) is 45.9 Å². The van der Waals surface area contributed by atoms with E-state index in [4.69, 9.17) is 9.47 Å². The second-order valence-electron chi connectivity index (χ2n) is 8.99. The molecule has 1 aromatic carbocycles. The summed E-state index contributed by atoms with van der Waals surface area (Å²) in [6.45, 7) is 15.6. The number of carbonyl (C=O) groups excluding carboxylic acids is 2. The summed E-state index contributed by atoms with van der Waals surface area (Å²) < 4.78 is 12.5. The molecule has 6 nitrogen and oxygen atoms in total. The number of aromatic nitrogens is 1. The number of rotatable bonds is 5. The van der Waals surface area contributed by atoms with Gasteiger partial charge in [0.05, 0.1) is 5.52 Å². The van der Waals surface area contributed by atoms with Crippen molar-refractivity contribution in [2.45, 2.75) is 59.2 Å². The Balaban J connectivity index is 2.26. The summed E-state index contributed by atoms with van der Waals surface area (Å²) in [5, 5.41) is 0.959. The van der Waals surface area contributed by atoms with Gasteiger partial charge in [-0.05, 0) is 59.6 Å². The molecule has 0 bridgehead atoms. The Morgan fingerprint density at radius 3 is 2.28 bits per heavy atom. The van der Waals surface area contributed by atoms with Crippen molar-refractivity contribution in [2.24, 2.45) is 0 Å². The third-order valence-electron chi connectivity index (χ3n) is 4.04. The van der Waals surface area contributed by atoms with Gasteiger partial charge in [0.1, 0.15) is 11.2 Å². The van der Waals surface area contributed by atoms with Crippen LogP contribution >= 0.6 is 0 Å². The molecule has 1 aromatic heterocycles. The van der Waals surface area contributed by atoms with Gasteiger partial charge in [-0.1, -0.05) is 24.3 Å². The van der Waals surface area contributed by atoms with Crippen LogP contribution in [0, 0.1) is 0 Å². The first-order valence-electron chi connectivity index (χ1n) is 9.82. The summed E-state index contributed by atoms with van der Waals surface area (Å²) in [6, 6.07) is 7.67. The molecule has 0 spiro atoms. The van der Waals surface area contributed by atoms with Gasteiger partial charge in [-0.25, -0.2) is 9.59 Å². The Hall–Kier alpha value is -2.76. The van der Waals surface area contributed by atoms with Crippen LogP contribution in [0.5, 0.6) is 0 Å². The molecule has 0 N–H and O–H groups in total. The van der Waals surface area contributed by atoms with Crippen LogP contribution in [0.4, 0.5) is 9.59 Å². The Morgan fingerprint density at radius 2 is 1.69 bits per heavy atom. The van der Waals surface area contributed by atoms with E-state index < -0.39 is 17.3 Å². The van der Waals surface area contributed by atoms with Crippen LogP contribution in [0.3, 0.4) is 0 Å². The second-order valence-corrected chi connectivity index (χ2v) is 8.99. The molecule has 0 aliphatic heterocycles. The number of fused-ring (bicyclic) bond motifs is 1. The summed E-state index contributed by atoms with van der Waals surface area (Å²) in [6.07, 6.45) is 3.24. The minimum atomic E-state index is -0.583. The number of amides is 1. The molecule has 0 aliphatic rings. The van der Waals surface area contributed by atoms with Crippen molar-refractivity contribution in [2.75, 3.05) is 13.1 Å². The summed E-state index contributed by atoms with van der Waals surface area (Å²) >= 11 is 0. The van der Waals surface area contributed by atoms with Gasteiger partial charge >= 0.3 is 12.2 Å². The Morgan fingerprint density at radius 1 is 1.07 bits per heavy atom. The molecule has 0 saturated carbocycles. The summed E-state index contributed by atoms with van der Waals surface area (Å²) in [5.41, 5.74) is 0.594. The van der Waals surface area contributed by atoms with Gasteiger partial charge < -0.3 is 14.4 Å². The van der Waals surface area contributed by atoms with E-state index in [9.17, 15) is 9.59 Å². The lowest BCUT2D eigenvalue weighted by Crippen LogP contribution is -2.38. The Kier molecular flexibility index (Phi) is 6.77. The largest absolute Gasteiger partial charge is 0.444 e. The lowest BCUT2D eigenvalue weighted by molar-refractivity contribution is 0.0273. The quantitative estimate of drug-likeness (QED) is 0.631. The van der Waals surface area contributed by atoms with E-state index in [-0.39, 0.29) is 6.09 Å². The van der Waals surface area contributed by atoms with Gasteiger partial charge in [0.15, 0.2) is 0 Å². The molecule has 6 heteroatoms. The number of carbonyl (C=O) groups is 2. The molecule has 2 aromatic rings. The molecular formula is C23H32N2O4. The van der Waals surface area contributed by atoms with E-state index >= 15 is 0 Å². The maximum Gasteiger partial charge on any atom is 0.419 e. The lowest BCUT2D eigenvalue weighted by Gasteiger charge is -2.26. The maximum absolute atomic E-state index is 12.6. The molecule has 0 saturated heterocycles. The van der Waals surface area contributed by atoms with Crippen LogP contribution in [0.15, 0.2) is 43.1 Å². The second kappa shape index (κ2) is 8.72. The fourth-order valence-electron chi connectivity index (χ4n) is 2.91. The minimum absolute atomic E-state index is 0.381. The van der Waals surface area contributed by atoms with Crippen LogP contribution < -0.4 is 0 Å². The van der Waals surface area contributed by atoms with Crippen molar-refractivity contribution >= 4 is 23.1 Å². The van der Waals surface area contributed by atoms with Gasteiger partial charge in [-0.2, -0.15) is 0 Å². The molecular weight excluding hydrogens is 368 g/mol. The predicted molar refractivity (Wildman–Crippen MR) is 115 cm³/mol. The number of ether oxygens (including phenoxy) is 2. The van der Waals surface area contributed by atoms with Crippen LogP contribution in [0.2, 0.25) is 0 Å². The first-order chi connectivity index (χ1) is 13.4. The number of hydrogen-bond donors (Lipinski definition) is 0. The van der Waals surface area contributed by atoms with Gasteiger partial charge in [-0.15, -0.1) is 6.58 Å². The van der Waals surface area contributed by atoms with E-state index in [1.807, 2.05) is 65.8 Å². The zero-order valence-electron chi connectivity index (χ0n) is 18.3. The number of hydrogen-bond acceptors (Lipinski definition) is 4. The number of para-hydroxylation sites is 1. The smallest absolute Gasteiger partial charge is 0.419 e. The highest BCUT2D eigenvalue weighted by molar-refractivity contribution is 5.92. The highest BCUT2D eigenvalue weighted by atomic mass is 16.6. The van der Waals surface area contributed by atoms with E-state index in [0.717, 1.165) is 16.5 Å². The highest BCUT2D eigenvalue weighted by Crippen LogP contribution is 2.24. The topological polar surface area (TPSA) is 60.8 Å². The molecule has 2 rings (SSSR count). The average molecular weight is 401 g/mol. The van der Waals surface area contributed by atoms with Crippen LogP contribution in [0.25, 0.3) is 10.9 Å². The van der Waals surface area contributed by atoms with Gasteiger partial charge in [0, 0.05) is 24.7 Å². The Labute approximate surface area is 173 Å². The first-order valence-corrected chi connectivity index (χ1v) is 9.82. The summed E-state index contributed by atoms with van der Waals surface area (Å²) in [7, 11) is 0. The van der Waals surface area contributed by atoms with Crippen LogP contribution in [0.1, 0.15) is 47.1 Å². The van der Waals surface area contributed by atoms with Gasteiger partial charge in [0.25, 0.3) is 0 Å². The standard InChI is InChI=1S/C23H32N2O4/c1-8-14-24(20(26)28-22(2,3)4)15-13-17-16-25(21(27)29-23(5,6)7)19-12-10-9-11-18(17)19/h8-12,16H,1,13-15H2,2-7H3. The molecule has 1 heterocycles. The zero-order chi connectivity index (χ0) is 21.8. The van der Waals surface area contributed by atoms with Crippen molar-refractivity contribution in [1.82, 2.24) is 9.47 Å². The molecule has 158 valence electrons. The average Bonchev–Trinajstić information content (AvgIpc) is 2.94.